The van der Waals surface area contributed by atoms with Crippen LogP contribution in [0, 0.1) is 11.8 Å². The second-order valence-corrected chi connectivity index (χ2v) is 4.05. The number of nitrogens with two attached hydrogens (primary N) is 1. The molecule has 5 heteroatoms. The van der Waals surface area contributed by atoms with Crippen LogP contribution in [0.5, 0.6) is 0 Å². The van der Waals surface area contributed by atoms with Gasteiger partial charge in [-0.1, -0.05) is 0 Å². The maximum Gasteiger partial charge on any atom is 0.290 e. The van der Waals surface area contributed by atoms with Gasteiger partial charge in [-0.15, -0.1) is 0 Å². The predicted molar refractivity (Wildman–Crippen MR) is 52.0 cm³/mol. The first-order chi connectivity index (χ1) is 6.77. The molecule has 2 heterocycles. The van der Waals surface area contributed by atoms with Gasteiger partial charge < -0.3 is 15.6 Å². The minimum Gasteiger partial charge on any atom is -0.351 e. The molecule has 3 N–H and O–H groups in total. The first-order valence-electron chi connectivity index (χ1n) is 4.81. The number of H-pyrrole nitrogens is 1. The molecule has 5 nitrogen and oxygen atoms in total. The molecule has 2 atom stereocenters. The first kappa shape index (κ1) is 7.99. The number of rotatable bonds is 1. The fraction of sp³-hybridized carbons (Fsp3) is 0.556. The van der Waals surface area contributed by atoms with Gasteiger partial charge in [0.05, 0.1) is 0 Å². The van der Waals surface area contributed by atoms with E-state index in [1.165, 1.54) is 0 Å². The second kappa shape index (κ2) is 2.57. The van der Waals surface area contributed by atoms with Crippen molar-refractivity contribution in [3.63, 3.8) is 0 Å². The highest BCUT2D eigenvalue weighted by Gasteiger charge is 2.54. The van der Waals surface area contributed by atoms with Crippen molar-refractivity contribution >= 4 is 5.82 Å². The SMILES string of the molecule is NC1C2CN(c3ncc[nH]c3=O)CC12. The molecule has 1 aromatic rings. The van der Waals surface area contributed by atoms with Crippen LogP contribution in [0.15, 0.2) is 17.2 Å². The van der Waals surface area contributed by atoms with Gasteiger partial charge in [0, 0.05) is 31.5 Å². The lowest BCUT2D eigenvalue weighted by Gasteiger charge is -2.18. The quantitative estimate of drug-likeness (QED) is 0.608. The fourth-order valence-electron chi connectivity index (χ4n) is 2.31. The van der Waals surface area contributed by atoms with Crippen molar-refractivity contribution in [1.29, 1.82) is 0 Å². The van der Waals surface area contributed by atoms with E-state index in [2.05, 4.69) is 9.97 Å². The highest BCUT2D eigenvalue weighted by Crippen LogP contribution is 2.44. The van der Waals surface area contributed by atoms with Crippen LogP contribution in [-0.2, 0) is 0 Å². The Labute approximate surface area is 80.9 Å². The van der Waals surface area contributed by atoms with Crippen LogP contribution in [0.2, 0.25) is 0 Å². The van der Waals surface area contributed by atoms with Crippen molar-refractivity contribution in [2.45, 2.75) is 6.04 Å². The number of aromatic amines is 1. The molecule has 1 saturated carbocycles. The summed E-state index contributed by atoms with van der Waals surface area (Å²) in [6.45, 7) is 1.76. The molecule has 1 aliphatic carbocycles. The number of hydrogen-bond acceptors (Lipinski definition) is 4. The summed E-state index contributed by atoms with van der Waals surface area (Å²) in [5.74, 6) is 1.69. The van der Waals surface area contributed by atoms with Crippen LogP contribution in [-0.4, -0.2) is 29.1 Å². The van der Waals surface area contributed by atoms with E-state index in [0.717, 1.165) is 13.1 Å². The summed E-state index contributed by atoms with van der Waals surface area (Å²) >= 11 is 0. The lowest BCUT2D eigenvalue weighted by molar-refractivity contribution is 0.730. The van der Waals surface area contributed by atoms with Gasteiger partial charge >= 0.3 is 0 Å². The molecule has 0 bridgehead atoms. The van der Waals surface area contributed by atoms with E-state index in [0.29, 0.717) is 23.7 Å². The van der Waals surface area contributed by atoms with Crippen molar-refractivity contribution in [2.75, 3.05) is 18.0 Å². The van der Waals surface area contributed by atoms with Crippen LogP contribution < -0.4 is 16.2 Å². The molecular weight excluding hydrogens is 180 g/mol. The highest BCUT2D eigenvalue weighted by atomic mass is 16.1. The molecule has 1 saturated heterocycles. The summed E-state index contributed by atoms with van der Waals surface area (Å²) in [4.78, 5) is 20.2. The number of anilines is 1. The third-order valence-electron chi connectivity index (χ3n) is 3.25. The summed E-state index contributed by atoms with van der Waals surface area (Å²) < 4.78 is 0. The van der Waals surface area contributed by atoms with Crippen LogP contribution >= 0.6 is 0 Å². The lowest BCUT2D eigenvalue weighted by Crippen LogP contribution is -2.32. The molecule has 1 aliphatic heterocycles. The number of nitrogens with one attached hydrogen (secondary N) is 1. The lowest BCUT2D eigenvalue weighted by atomic mass is 10.4. The van der Waals surface area contributed by atoms with Crippen LogP contribution in [0.4, 0.5) is 5.82 Å². The van der Waals surface area contributed by atoms with E-state index in [1.807, 2.05) is 4.90 Å². The summed E-state index contributed by atoms with van der Waals surface area (Å²) in [5.41, 5.74) is 5.71. The zero-order valence-corrected chi connectivity index (χ0v) is 7.68. The zero-order chi connectivity index (χ0) is 9.71. The third-order valence-corrected chi connectivity index (χ3v) is 3.25. The fourth-order valence-corrected chi connectivity index (χ4v) is 2.31. The van der Waals surface area contributed by atoms with Crippen molar-refractivity contribution in [3.05, 3.63) is 22.7 Å². The zero-order valence-electron chi connectivity index (χ0n) is 7.68. The maximum absolute atomic E-state index is 11.4. The molecular formula is C9H12N4O. The Hall–Kier alpha value is -1.36. The molecule has 3 rings (SSSR count). The maximum atomic E-state index is 11.4. The monoisotopic (exact) mass is 192 g/mol. The molecule has 0 amide bonds. The van der Waals surface area contributed by atoms with E-state index in [1.54, 1.807) is 12.4 Å². The number of piperidine rings is 1. The molecule has 2 fully saturated rings. The first-order valence-corrected chi connectivity index (χ1v) is 4.81. The van der Waals surface area contributed by atoms with Crippen LogP contribution in [0.1, 0.15) is 0 Å². The van der Waals surface area contributed by atoms with Gasteiger partial charge in [-0.05, 0) is 11.8 Å². The topological polar surface area (TPSA) is 75.0 Å². The molecule has 0 radical (unpaired) electrons. The van der Waals surface area contributed by atoms with Crippen LogP contribution in [0.25, 0.3) is 0 Å². The summed E-state index contributed by atoms with van der Waals surface area (Å²) in [5, 5.41) is 0. The van der Waals surface area contributed by atoms with E-state index in [4.69, 9.17) is 5.73 Å². The summed E-state index contributed by atoms with van der Waals surface area (Å²) in [6, 6.07) is 0.356. The van der Waals surface area contributed by atoms with Gasteiger partial charge in [0.1, 0.15) is 0 Å². The van der Waals surface area contributed by atoms with Gasteiger partial charge in [-0.3, -0.25) is 4.79 Å². The Balaban J connectivity index is 1.86. The van der Waals surface area contributed by atoms with E-state index >= 15 is 0 Å². The van der Waals surface area contributed by atoms with Gasteiger partial charge in [0.25, 0.3) is 5.56 Å². The molecule has 74 valence electrons. The standard InChI is InChI=1S/C9H12N4O/c10-7-5-3-13(4-6(5)7)8-9(14)12-2-1-11-8/h1-2,5-7H,3-4,10H2,(H,12,14). The van der Waals surface area contributed by atoms with Crippen molar-refractivity contribution in [2.24, 2.45) is 17.6 Å². The molecule has 2 unspecified atom stereocenters. The Morgan fingerprint density at radius 1 is 1.50 bits per heavy atom. The van der Waals surface area contributed by atoms with Crippen molar-refractivity contribution in [1.82, 2.24) is 9.97 Å². The molecule has 0 spiro atoms. The molecule has 0 aromatic carbocycles. The van der Waals surface area contributed by atoms with Crippen LogP contribution in [0.3, 0.4) is 0 Å². The van der Waals surface area contributed by atoms with Gasteiger partial charge in [0.2, 0.25) is 0 Å². The van der Waals surface area contributed by atoms with Gasteiger partial charge in [0.15, 0.2) is 5.82 Å². The van der Waals surface area contributed by atoms with Gasteiger partial charge in [-0.25, -0.2) is 4.98 Å². The molecule has 2 aliphatic rings. The van der Waals surface area contributed by atoms with Crippen molar-refractivity contribution in [3.8, 4) is 0 Å². The number of aromatic nitrogens is 2. The number of fused-ring (bicyclic) bond motifs is 1. The van der Waals surface area contributed by atoms with Crippen molar-refractivity contribution < 1.29 is 0 Å². The Kier molecular flexibility index (Phi) is 1.47. The number of hydrogen-bond donors (Lipinski definition) is 2. The minimum atomic E-state index is -0.109. The predicted octanol–water partition coefficient (Wildman–Crippen LogP) is -0.837. The Morgan fingerprint density at radius 3 is 2.86 bits per heavy atom. The summed E-state index contributed by atoms with van der Waals surface area (Å²) in [7, 11) is 0. The highest BCUT2D eigenvalue weighted by molar-refractivity contribution is 5.40. The van der Waals surface area contributed by atoms with Gasteiger partial charge in [-0.2, -0.15) is 0 Å². The normalized spacial score (nSPS) is 34.4. The van der Waals surface area contributed by atoms with E-state index < -0.39 is 0 Å². The second-order valence-electron chi connectivity index (χ2n) is 4.05. The Morgan fingerprint density at radius 2 is 2.21 bits per heavy atom. The smallest absolute Gasteiger partial charge is 0.290 e. The molecule has 1 aromatic heterocycles. The largest absolute Gasteiger partial charge is 0.351 e. The average Bonchev–Trinajstić information content (AvgIpc) is 2.66. The molecule has 14 heavy (non-hydrogen) atoms. The van der Waals surface area contributed by atoms with E-state index in [9.17, 15) is 4.79 Å². The summed E-state index contributed by atoms with van der Waals surface area (Å²) in [6.07, 6.45) is 3.16. The number of nitrogens with zero attached hydrogens (tertiary/aromatic N) is 2. The Bertz CT molecular complexity index is 403. The average molecular weight is 192 g/mol. The third kappa shape index (κ3) is 0.988. The minimum absolute atomic E-state index is 0.109. The van der Waals surface area contributed by atoms with E-state index in [-0.39, 0.29) is 5.56 Å².